The maximum absolute atomic E-state index is 11.9. The Balaban J connectivity index is 2.22. The molecular formula is C16H19N3O2. The number of carbonyl (C=O) groups excluding carboxylic acids is 1. The quantitative estimate of drug-likeness (QED) is 0.874. The highest BCUT2D eigenvalue weighted by molar-refractivity contribution is 5.95. The lowest BCUT2D eigenvalue weighted by Gasteiger charge is -2.13. The van der Waals surface area contributed by atoms with Crippen molar-refractivity contribution in [1.82, 2.24) is 10.3 Å². The molecule has 0 fully saturated rings. The fraction of sp³-hybridized carbons (Fsp3) is 0.250. The molecule has 5 heteroatoms. The number of nitrogens with zero attached hydrogens (tertiary/aromatic N) is 2. The van der Waals surface area contributed by atoms with E-state index in [1.54, 1.807) is 12.3 Å². The number of hydrogen-bond donors (Lipinski definition) is 2. The number of aromatic nitrogens is 1. The average Bonchev–Trinajstić information content (AvgIpc) is 2.52. The van der Waals surface area contributed by atoms with Gasteiger partial charge < -0.3 is 15.3 Å². The van der Waals surface area contributed by atoms with Gasteiger partial charge in [0.15, 0.2) is 0 Å². The van der Waals surface area contributed by atoms with E-state index in [0.29, 0.717) is 5.56 Å². The topological polar surface area (TPSA) is 65.5 Å². The Morgan fingerprint density at radius 1 is 1.19 bits per heavy atom. The first-order chi connectivity index (χ1) is 10.1. The van der Waals surface area contributed by atoms with E-state index in [9.17, 15) is 4.79 Å². The van der Waals surface area contributed by atoms with Crippen LogP contribution in [0.15, 0.2) is 42.7 Å². The lowest BCUT2D eigenvalue weighted by molar-refractivity contribution is 0.0944. The first kappa shape index (κ1) is 15.0. The summed E-state index contributed by atoms with van der Waals surface area (Å²) in [4.78, 5) is 18.0. The molecule has 110 valence electrons. The summed E-state index contributed by atoms with van der Waals surface area (Å²) in [5.74, 6) is -0.233. The molecule has 1 heterocycles. The van der Waals surface area contributed by atoms with Crippen LogP contribution in [-0.4, -0.2) is 43.2 Å². The molecule has 0 radical (unpaired) electrons. The molecule has 0 spiro atoms. The number of aliphatic hydroxyl groups excluding tert-OH is 1. The maximum Gasteiger partial charge on any atom is 0.252 e. The van der Waals surface area contributed by atoms with E-state index >= 15 is 0 Å². The minimum atomic E-state index is -0.233. The third-order valence-corrected chi connectivity index (χ3v) is 3.11. The van der Waals surface area contributed by atoms with Crippen LogP contribution in [0, 0.1) is 0 Å². The van der Waals surface area contributed by atoms with Crippen LogP contribution in [0.4, 0.5) is 5.69 Å². The molecule has 0 aliphatic carbocycles. The molecule has 0 aliphatic heterocycles. The van der Waals surface area contributed by atoms with E-state index < -0.39 is 0 Å². The lowest BCUT2D eigenvalue weighted by Crippen LogP contribution is -2.26. The average molecular weight is 285 g/mol. The highest BCUT2D eigenvalue weighted by Gasteiger charge is 2.07. The number of carbonyl (C=O) groups is 1. The molecule has 0 saturated heterocycles. The van der Waals surface area contributed by atoms with Crippen molar-refractivity contribution in [1.29, 1.82) is 0 Å². The smallest absolute Gasteiger partial charge is 0.252 e. The number of rotatable bonds is 5. The normalized spacial score (nSPS) is 10.2. The zero-order chi connectivity index (χ0) is 15.2. The van der Waals surface area contributed by atoms with Crippen molar-refractivity contribution in [3.63, 3.8) is 0 Å². The number of benzene rings is 1. The van der Waals surface area contributed by atoms with Crippen LogP contribution < -0.4 is 10.2 Å². The summed E-state index contributed by atoms with van der Waals surface area (Å²) in [5, 5.41) is 11.3. The lowest BCUT2D eigenvalue weighted by atomic mass is 10.1. The molecule has 5 nitrogen and oxygen atoms in total. The number of nitrogens with one attached hydrogen (secondary N) is 1. The number of aliphatic hydroxyl groups is 1. The van der Waals surface area contributed by atoms with Crippen molar-refractivity contribution < 1.29 is 9.90 Å². The van der Waals surface area contributed by atoms with Crippen molar-refractivity contribution >= 4 is 11.6 Å². The third-order valence-electron chi connectivity index (χ3n) is 3.11. The fourth-order valence-electron chi connectivity index (χ4n) is 1.95. The Hall–Kier alpha value is -2.40. The summed E-state index contributed by atoms with van der Waals surface area (Å²) in [5.41, 5.74) is 3.49. The zero-order valence-corrected chi connectivity index (χ0v) is 12.2. The van der Waals surface area contributed by atoms with E-state index in [0.717, 1.165) is 16.8 Å². The molecule has 2 N–H and O–H groups in total. The van der Waals surface area contributed by atoms with Crippen LogP contribution in [0.1, 0.15) is 10.4 Å². The van der Waals surface area contributed by atoms with Gasteiger partial charge in [0.1, 0.15) is 0 Å². The summed E-state index contributed by atoms with van der Waals surface area (Å²) in [6.07, 6.45) is 3.25. The molecule has 0 bridgehead atoms. The summed E-state index contributed by atoms with van der Waals surface area (Å²) in [6.45, 7) is 0.158. The van der Waals surface area contributed by atoms with Crippen LogP contribution in [0.3, 0.4) is 0 Å². The van der Waals surface area contributed by atoms with Gasteiger partial charge >= 0.3 is 0 Å². The van der Waals surface area contributed by atoms with Gasteiger partial charge in [-0.25, -0.2) is 0 Å². The molecule has 1 aromatic heterocycles. The monoisotopic (exact) mass is 285 g/mol. The number of anilines is 1. The van der Waals surface area contributed by atoms with Gasteiger partial charge in [0, 0.05) is 44.3 Å². The van der Waals surface area contributed by atoms with Gasteiger partial charge in [-0.3, -0.25) is 9.78 Å². The number of pyridine rings is 1. The number of amides is 1. The Labute approximate surface area is 124 Å². The second kappa shape index (κ2) is 6.85. The summed E-state index contributed by atoms with van der Waals surface area (Å²) >= 11 is 0. The van der Waals surface area contributed by atoms with Gasteiger partial charge in [-0.1, -0.05) is 12.1 Å². The molecular weight excluding hydrogens is 266 g/mol. The largest absolute Gasteiger partial charge is 0.395 e. The fourth-order valence-corrected chi connectivity index (χ4v) is 1.95. The Kier molecular flexibility index (Phi) is 4.90. The first-order valence-corrected chi connectivity index (χ1v) is 6.73. The van der Waals surface area contributed by atoms with Crippen molar-refractivity contribution in [2.24, 2.45) is 0 Å². The van der Waals surface area contributed by atoms with Gasteiger partial charge in [0.25, 0.3) is 5.91 Å². The van der Waals surface area contributed by atoms with E-state index in [2.05, 4.69) is 10.3 Å². The molecule has 2 rings (SSSR count). The predicted molar refractivity (Wildman–Crippen MR) is 83.4 cm³/mol. The second-order valence-corrected chi connectivity index (χ2v) is 4.88. The number of hydrogen-bond acceptors (Lipinski definition) is 4. The van der Waals surface area contributed by atoms with Gasteiger partial charge in [0.2, 0.25) is 0 Å². The summed E-state index contributed by atoms with van der Waals surface area (Å²) in [7, 11) is 3.98. The van der Waals surface area contributed by atoms with Gasteiger partial charge in [-0.2, -0.15) is 0 Å². The van der Waals surface area contributed by atoms with Gasteiger partial charge in [-0.05, 0) is 23.8 Å². The van der Waals surface area contributed by atoms with Crippen molar-refractivity contribution in [2.75, 3.05) is 32.1 Å². The molecule has 0 unspecified atom stereocenters. The molecule has 0 aliphatic rings. The molecule has 0 saturated carbocycles. The van der Waals surface area contributed by atoms with Crippen molar-refractivity contribution in [2.45, 2.75) is 0 Å². The molecule has 2 aromatic rings. The van der Waals surface area contributed by atoms with Gasteiger partial charge in [-0.15, -0.1) is 0 Å². The minimum Gasteiger partial charge on any atom is -0.395 e. The molecule has 1 aromatic carbocycles. The Morgan fingerprint density at radius 2 is 1.90 bits per heavy atom. The predicted octanol–water partition coefficient (Wildman–Crippen LogP) is 1.54. The summed E-state index contributed by atoms with van der Waals surface area (Å²) < 4.78 is 0. The standard InChI is InChI=1S/C16H19N3O2/c1-19(2)15-5-3-12(4-6-15)13-9-14(11-17-10-13)16(21)18-7-8-20/h3-6,9-11,20H,7-8H2,1-2H3,(H,18,21). The molecule has 1 amide bonds. The van der Waals surface area contributed by atoms with Crippen LogP contribution in [-0.2, 0) is 0 Å². The summed E-state index contributed by atoms with van der Waals surface area (Å²) in [6, 6.07) is 9.84. The van der Waals surface area contributed by atoms with E-state index in [1.165, 1.54) is 6.20 Å². The Morgan fingerprint density at radius 3 is 2.52 bits per heavy atom. The first-order valence-electron chi connectivity index (χ1n) is 6.73. The van der Waals surface area contributed by atoms with Crippen LogP contribution in [0.25, 0.3) is 11.1 Å². The van der Waals surface area contributed by atoms with E-state index in [1.807, 2.05) is 43.3 Å². The molecule has 0 atom stereocenters. The van der Waals surface area contributed by atoms with Crippen LogP contribution in [0.2, 0.25) is 0 Å². The van der Waals surface area contributed by atoms with E-state index in [4.69, 9.17) is 5.11 Å². The highest BCUT2D eigenvalue weighted by Crippen LogP contribution is 2.22. The molecule has 21 heavy (non-hydrogen) atoms. The maximum atomic E-state index is 11.9. The minimum absolute atomic E-state index is 0.0785. The SMILES string of the molecule is CN(C)c1ccc(-c2cncc(C(=O)NCCO)c2)cc1. The second-order valence-electron chi connectivity index (χ2n) is 4.88. The third kappa shape index (κ3) is 3.79. The van der Waals surface area contributed by atoms with E-state index in [-0.39, 0.29) is 19.1 Å². The zero-order valence-electron chi connectivity index (χ0n) is 12.2. The van der Waals surface area contributed by atoms with Gasteiger partial charge in [0.05, 0.1) is 12.2 Å². The Bertz CT molecular complexity index is 609. The highest BCUT2D eigenvalue weighted by atomic mass is 16.3. The van der Waals surface area contributed by atoms with Crippen LogP contribution >= 0.6 is 0 Å². The van der Waals surface area contributed by atoms with Crippen LogP contribution in [0.5, 0.6) is 0 Å². The van der Waals surface area contributed by atoms with Crippen molar-refractivity contribution in [3.8, 4) is 11.1 Å². The van der Waals surface area contributed by atoms with Crippen molar-refractivity contribution in [3.05, 3.63) is 48.3 Å².